The number of aryl methyl sites for hydroxylation is 1. The fourth-order valence-corrected chi connectivity index (χ4v) is 1.97. The van der Waals surface area contributed by atoms with Gasteiger partial charge in [-0.1, -0.05) is 5.92 Å². The molecule has 6 heteroatoms. The molecule has 1 heterocycles. The normalized spacial score (nSPS) is 12.5. The van der Waals surface area contributed by atoms with E-state index in [1.54, 1.807) is 0 Å². The van der Waals surface area contributed by atoms with Gasteiger partial charge < -0.3 is 4.57 Å². The maximum Gasteiger partial charge on any atom is 0.330 e. The molecule has 0 saturated carbocycles. The maximum atomic E-state index is 11.6. The molecule has 0 aliphatic heterocycles. The molecule has 0 fully saturated rings. The van der Waals surface area contributed by atoms with Crippen LogP contribution < -0.4 is 11.2 Å². The number of rotatable bonds is 2. The van der Waals surface area contributed by atoms with Gasteiger partial charge in [-0.05, 0) is 0 Å². The van der Waals surface area contributed by atoms with Crippen LogP contribution in [-0.2, 0) is 24.9 Å². The molecule has 0 radical (unpaired) electrons. The molecule has 0 bridgehead atoms. The van der Waals surface area contributed by atoms with Gasteiger partial charge in [-0.15, -0.1) is 6.40 Å². The molecule has 1 atom stereocenters. The zero-order valence-corrected chi connectivity index (χ0v) is 9.13. The molecule has 1 aromatic heterocycles. The van der Waals surface area contributed by atoms with Crippen molar-refractivity contribution in [3.8, 4) is 12.3 Å². The summed E-state index contributed by atoms with van der Waals surface area (Å²) in [4.78, 5) is 23.0. The minimum atomic E-state index is -1.61. The van der Waals surface area contributed by atoms with Crippen molar-refractivity contribution in [1.29, 1.82) is 0 Å². The van der Waals surface area contributed by atoms with E-state index < -0.39 is 22.0 Å². The van der Waals surface area contributed by atoms with Gasteiger partial charge >= 0.3 is 5.69 Å². The number of aromatic nitrogens is 2. The van der Waals surface area contributed by atoms with Gasteiger partial charge in [0.15, 0.2) is 0 Å². The number of hydrogen-bond acceptors (Lipinski definition) is 3. The summed E-state index contributed by atoms with van der Waals surface area (Å²) >= 11 is 0. The lowest BCUT2D eigenvalue weighted by Crippen LogP contribution is -2.38. The Bertz CT molecular complexity index is 606. The van der Waals surface area contributed by atoms with Crippen LogP contribution in [0.2, 0.25) is 0 Å². The lowest BCUT2D eigenvalue weighted by atomic mass is 10.6. The summed E-state index contributed by atoms with van der Waals surface area (Å²) in [6.45, 7) is 0. The predicted octanol–water partition coefficient (Wildman–Crippen LogP) is -1.18. The van der Waals surface area contributed by atoms with Crippen LogP contribution in [0.3, 0.4) is 0 Å². The van der Waals surface area contributed by atoms with Gasteiger partial charge in [0.2, 0.25) is 0 Å². The molecule has 0 amide bonds. The van der Waals surface area contributed by atoms with Crippen molar-refractivity contribution in [2.24, 2.45) is 14.1 Å². The van der Waals surface area contributed by atoms with E-state index in [2.05, 4.69) is 5.92 Å². The van der Waals surface area contributed by atoms with Crippen molar-refractivity contribution in [3.05, 3.63) is 27.0 Å². The minimum Gasteiger partial charge on any atom is -0.302 e. The van der Waals surface area contributed by atoms with Crippen molar-refractivity contribution in [2.45, 2.75) is 4.90 Å². The second-order valence-corrected chi connectivity index (χ2v) is 4.34. The van der Waals surface area contributed by atoms with Crippen molar-refractivity contribution < 1.29 is 5.58 Å². The van der Waals surface area contributed by atoms with Crippen molar-refractivity contribution >= 4 is 10.8 Å². The number of terminal acetylenes is 1. The Balaban J connectivity index is 3.35. The van der Waals surface area contributed by atoms with Crippen LogP contribution >= 0.6 is 0 Å². The molecule has 0 N–H and O–H groups in total. The highest BCUT2D eigenvalue weighted by Gasteiger charge is 2.11. The average Bonchev–Trinajstić information content (AvgIpc) is 2.28. The largest absolute Gasteiger partial charge is 0.330 e. The Morgan fingerprint density at radius 1 is 1.60 bits per heavy atom. The first kappa shape index (κ1) is 9.93. The standard InChI is InChI=1S/C9H10N2O3S/c1-4-5-15(14)7-6-10(2)9(13)11(3)8(7)12/h1,6H,5H2,2-3H3/i1D. The van der Waals surface area contributed by atoms with Gasteiger partial charge in [0.25, 0.3) is 5.56 Å². The molecule has 5 nitrogen and oxygen atoms in total. The van der Waals surface area contributed by atoms with Crippen LogP contribution in [0.1, 0.15) is 1.37 Å². The van der Waals surface area contributed by atoms with E-state index in [0.29, 0.717) is 0 Å². The maximum absolute atomic E-state index is 11.6. The van der Waals surface area contributed by atoms with Gasteiger partial charge in [-0.3, -0.25) is 13.6 Å². The second-order valence-electron chi connectivity index (χ2n) is 2.92. The summed E-state index contributed by atoms with van der Waals surface area (Å²) in [5.74, 6) is 2.22. The summed E-state index contributed by atoms with van der Waals surface area (Å²) in [7, 11) is 1.18. The zero-order valence-electron chi connectivity index (χ0n) is 9.31. The molecular formula is C9H10N2O3S. The van der Waals surface area contributed by atoms with Crippen molar-refractivity contribution in [2.75, 3.05) is 5.75 Å². The van der Waals surface area contributed by atoms with E-state index in [0.717, 1.165) is 4.57 Å². The van der Waals surface area contributed by atoms with Gasteiger partial charge in [-0.2, -0.15) is 0 Å². The summed E-state index contributed by atoms with van der Waals surface area (Å²) in [5.41, 5.74) is -1.06. The average molecular weight is 227 g/mol. The summed E-state index contributed by atoms with van der Waals surface area (Å²) in [6, 6.07) is 0. The monoisotopic (exact) mass is 227 g/mol. The fourth-order valence-electron chi connectivity index (χ4n) is 1.07. The highest BCUT2D eigenvalue weighted by molar-refractivity contribution is 7.85. The van der Waals surface area contributed by atoms with Crippen LogP contribution in [0.15, 0.2) is 20.7 Å². The van der Waals surface area contributed by atoms with Crippen LogP contribution in [0.4, 0.5) is 0 Å². The number of hydrogen-bond donors (Lipinski definition) is 0. The predicted molar refractivity (Wildman–Crippen MR) is 57.0 cm³/mol. The van der Waals surface area contributed by atoms with E-state index in [1.165, 1.54) is 24.9 Å². The van der Waals surface area contributed by atoms with E-state index >= 15 is 0 Å². The lowest BCUT2D eigenvalue weighted by Gasteiger charge is -2.04. The molecule has 80 valence electrons. The third-order valence-corrected chi connectivity index (χ3v) is 3.04. The quantitative estimate of drug-likeness (QED) is 0.598. The summed E-state index contributed by atoms with van der Waals surface area (Å²) in [5, 5.41) is 0. The van der Waals surface area contributed by atoms with Gasteiger partial charge in [0.1, 0.15) is 6.27 Å². The molecule has 1 aromatic rings. The van der Waals surface area contributed by atoms with Gasteiger partial charge in [-0.25, -0.2) is 4.79 Å². The molecule has 15 heavy (non-hydrogen) atoms. The summed E-state index contributed by atoms with van der Waals surface area (Å²) < 4.78 is 20.3. The SMILES string of the molecule is [2H]C#CCS(=O)c1cn(C)c(=O)n(C)c1=O. The third-order valence-electron chi connectivity index (χ3n) is 1.86. The Kier molecular flexibility index (Phi) is 2.83. The van der Waals surface area contributed by atoms with Crippen LogP contribution in [0.25, 0.3) is 0 Å². The smallest absolute Gasteiger partial charge is 0.302 e. The van der Waals surface area contributed by atoms with Crippen molar-refractivity contribution in [3.63, 3.8) is 0 Å². The minimum absolute atomic E-state index is 0.0207. The van der Waals surface area contributed by atoms with Crippen LogP contribution in [0, 0.1) is 12.3 Å². The molecule has 1 rings (SSSR count). The first-order valence-corrected chi connectivity index (χ1v) is 5.35. The van der Waals surface area contributed by atoms with E-state index in [4.69, 9.17) is 1.37 Å². The Hall–Kier alpha value is -1.61. The molecule has 0 aromatic carbocycles. The van der Waals surface area contributed by atoms with Crippen LogP contribution in [-0.4, -0.2) is 19.1 Å². The third kappa shape index (κ3) is 2.07. The highest BCUT2D eigenvalue weighted by atomic mass is 32.2. The Morgan fingerprint density at radius 2 is 2.27 bits per heavy atom. The first-order chi connectivity index (χ1) is 7.49. The molecule has 0 aliphatic rings. The Morgan fingerprint density at radius 3 is 2.87 bits per heavy atom. The van der Waals surface area contributed by atoms with Gasteiger partial charge in [0, 0.05) is 20.3 Å². The number of nitrogens with zero attached hydrogens (tertiary/aromatic N) is 2. The molecular weight excluding hydrogens is 216 g/mol. The second kappa shape index (κ2) is 4.28. The molecule has 0 saturated heterocycles. The zero-order chi connectivity index (χ0) is 12.3. The van der Waals surface area contributed by atoms with E-state index in [-0.39, 0.29) is 10.6 Å². The summed E-state index contributed by atoms with van der Waals surface area (Å²) in [6.07, 6.45) is 3.10. The first-order valence-electron chi connectivity index (χ1n) is 4.53. The van der Waals surface area contributed by atoms with Crippen molar-refractivity contribution in [1.82, 2.24) is 9.13 Å². The lowest BCUT2D eigenvalue weighted by molar-refractivity contribution is 0.647. The highest BCUT2D eigenvalue weighted by Crippen LogP contribution is 1.96. The van der Waals surface area contributed by atoms with E-state index in [9.17, 15) is 13.8 Å². The molecule has 0 spiro atoms. The fraction of sp³-hybridized carbons (Fsp3) is 0.333. The molecule has 1 unspecified atom stereocenters. The Labute approximate surface area is 90.2 Å². The molecule has 0 aliphatic carbocycles. The van der Waals surface area contributed by atoms with Crippen LogP contribution in [0.5, 0.6) is 0 Å². The topological polar surface area (TPSA) is 61.1 Å². The van der Waals surface area contributed by atoms with E-state index in [1.807, 2.05) is 6.40 Å². The van der Waals surface area contributed by atoms with Gasteiger partial charge in [0.05, 0.1) is 16.6 Å².